The molecule has 3 heteroatoms. The number of pyridine rings is 1. The molecule has 0 bridgehead atoms. The van der Waals surface area contributed by atoms with Gasteiger partial charge >= 0.3 is 0 Å². The Labute approximate surface area is 111 Å². The smallest absolute Gasteiger partial charge is 0.0541 e. The lowest BCUT2D eigenvalue weighted by atomic mass is 10.0. The summed E-state index contributed by atoms with van der Waals surface area (Å²) >= 11 is 0. The maximum absolute atomic E-state index is 4.31. The summed E-state index contributed by atoms with van der Waals surface area (Å²) in [6, 6.07) is 6.07. The number of nitrogens with one attached hydrogen (secondary N) is 1. The average Bonchev–Trinajstić information content (AvgIpc) is 2.61. The van der Waals surface area contributed by atoms with Crippen molar-refractivity contribution in [3.63, 3.8) is 0 Å². The Hall–Kier alpha value is -0.930. The molecule has 1 unspecified atom stereocenters. The van der Waals surface area contributed by atoms with Crippen LogP contribution in [0.1, 0.15) is 31.9 Å². The number of nitrogens with zero attached hydrogens (tertiary/aromatic N) is 2. The number of hydrogen-bond acceptors (Lipinski definition) is 3. The molecule has 0 spiro atoms. The molecule has 18 heavy (non-hydrogen) atoms. The van der Waals surface area contributed by atoms with Gasteiger partial charge in [-0.3, -0.25) is 4.98 Å². The molecular weight excluding hydrogens is 222 g/mol. The molecule has 3 nitrogen and oxygen atoms in total. The van der Waals surface area contributed by atoms with E-state index in [-0.39, 0.29) is 0 Å². The molecule has 1 aromatic rings. The van der Waals surface area contributed by atoms with Gasteiger partial charge in [-0.05, 0) is 50.4 Å². The van der Waals surface area contributed by atoms with E-state index in [1.165, 1.54) is 38.9 Å². The van der Waals surface area contributed by atoms with E-state index < -0.39 is 0 Å². The molecule has 0 aromatic carbocycles. The highest BCUT2D eigenvalue weighted by Gasteiger charge is 2.12. The molecule has 1 saturated heterocycles. The summed E-state index contributed by atoms with van der Waals surface area (Å²) in [7, 11) is 0. The van der Waals surface area contributed by atoms with Gasteiger partial charge in [-0.1, -0.05) is 13.0 Å². The van der Waals surface area contributed by atoms with Gasteiger partial charge in [0.25, 0.3) is 0 Å². The molecule has 0 aliphatic carbocycles. The van der Waals surface area contributed by atoms with Crippen molar-refractivity contribution >= 4 is 0 Å². The molecule has 1 atom stereocenters. The van der Waals surface area contributed by atoms with Crippen LogP contribution in [0.3, 0.4) is 0 Å². The fraction of sp³-hybridized carbons (Fsp3) is 0.667. The van der Waals surface area contributed by atoms with Gasteiger partial charge in [0.2, 0.25) is 0 Å². The van der Waals surface area contributed by atoms with Crippen LogP contribution in [0.2, 0.25) is 0 Å². The quantitative estimate of drug-likeness (QED) is 0.809. The predicted octanol–water partition coefficient (Wildman–Crippen LogP) is 2.29. The van der Waals surface area contributed by atoms with Crippen molar-refractivity contribution < 1.29 is 0 Å². The lowest BCUT2D eigenvalue weighted by Crippen LogP contribution is -2.32. The SMILES string of the molecule is CC1CCCN(CCNCc2ccccn2)CC1. The van der Waals surface area contributed by atoms with Crippen LogP contribution < -0.4 is 5.32 Å². The second-order valence-electron chi connectivity index (χ2n) is 5.38. The minimum atomic E-state index is 0.880. The van der Waals surface area contributed by atoms with E-state index in [4.69, 9.17) is 0 Å². The minimum Gasteiger partial charge on any atom is -0.310 e. The van der Waals surface area contributed by atoms with Gasteiger partial charge in [0.1, 0.15) is 0 Å². The lowest BCUT2D eigenvalue weighted by Gasteiger charge is -2.19. The molecule has 2 rings (SSSR count). The standard InChI is InChI=1S/C15H25N3/c1-14-5-4-10-18(11-7-14)12-9-16-13-15-6-2-3-8-17-15/h2-3,6,8,14,16H,4-5,7,9-13H2,1H3. The summed E-state index contributed by atoms with van der Waals surface area (Å²) in [6.45, 7) is 8.03. The first-order chi connectivity index (χ1) is 8.84. The van der Waals surface area contributed by atoms with Crippen molar-refractivity contribution in [2.24, 2.45) is 5.92 Å². The van der Waals surface area contributed by atoms with Crippen LogP contribution in [0.15, 0.2) is 24.4 Å². The van der Waals surface area contributed by atoms with Gasteiger partial charge in [-0.15, -0.1) is 0 Å². The molecule has 1 N–H and O–H groups in total. The van der Waals surface area contributed by atoms with Crippen LogP contribution in [0, 0.1) is 5.92 Å². The van der Waals surface area contributed by atoms with Gasteiger partial charge in [-0.25, -0.2) is 0 Å². The van der Waals surface area contributed by atoms with Crippen LogP contribution in [-0.2, 0) is 6.54 Å². The fourth-order valence-electron chi connectivity index (χ4n) is 2.50. The Morgan fingerprint density at radius 2 is 2.28 bits per heavy atom. The van der Waals surface area contributed by atoms with Crippen molar-refractivity contribution in [1.29, 1.82) is 0 Å². The second kappa shape index (κ2) is 7.49. The van der Waals surface area contributed by atoms with Crippen molar-refractivity contribution in [2.75, 3.05) is 26.2 Å². The summed E-state index contributed by atoms with van der Waals surface area (Å²) in [4.78, 5) is 6.90. The summed E-state index contributed by atoms with van der Waals surface area (Å²) < 4.78 is 0. The zero-order chi connectivity index (χ0) is 12.6. The van der Waals surface area contributed by atoms with Gasteiger partial charge in [-0.2, -0.15) is 0 Å². The second-order valence-corrected chi connectivity index (χ2v) is 5.38. The van der Waals surface area contributed by atoms with Gasteiger partial charge < -0.3 is 10.2 Å². The Balaban J connectivity index is 1.60. The molecule has 1 aromatic heterocycles. The highest BCUT2D eigenvalue weighted by molar-refractivity contribution is 5.02. The van der Waals surface area contributed by atoms with Crippen LogP contribution in [0.4, 0.5) is 0 Å². The molecule has 0 saturated carbocycles. The van der Waals surface area contributed by atoms with E-state index in [0.29, 0.717) is 0 Å². The maximum Gasteiger partial charge on any atom is 0.0541 e. The first-order valence-electron chi connectivity index (χ1n) is 7.17. The van der Waals surface area contributed by atoms with Crippen molar-refractivity contribution in [2.45, 2.75) is 32.7 Å². The summed E-state index contributed by atoms with van der Waals surface area (Å²) in [5.74, 6) is 0.913. The molecule has 1 aliphatic heterocycles. The van der Waals surface area contributed by atoms with E-state index in [0.717, 1.165) is 24.7 Å². The Kier molecular flexibility index (Phi) is 5.62. The van der Waals surface area contributed by atoms with Gasteiger partial charge in [0.05, 0.1) is 5.69 Å². The van der Waals surface area contributed by atoms with Crippen LogP contribution >= 0.6 is 0 Å². The number of likely N-dealkylation sites (tertiary alicyclic amines) is 1. The monoisotopic (exact) mass is 247 g/mol. The zero-order valence-electron chi connectivity index (χ0n) is 11.4. The molecule has 1 fully saturated rings. The molecular formula is C15H25N3. The van der Waals surface area contributed by atoms with Crippen LogP contribution in [-0.4, -0.2) is 36.1 Å². The van der Waals surface area contributed by atoms with E-state index in [9.17, 15) is 0 Å². The van der Waals surface area contributed by atoms with Crippen molar-refractivity contribution in [3.05, 3.63) is 30.1 Å². The predicted molar refractivity (Wildman–Crippen MR) is 75.4 cm³/mol. The number of hydrogen-bond donors (Lipinski definition) is 1. The number of rotatable bonds is 5. The van der Waals surface area contributed by atoms with E-state index in [1.54, 1.807) is 0 Å². The highest BCUT2D eigenvalue weighted by Crippen LogP contribution is 2.15. The van der Waals surface area contributed by atoms with Gasteiger partial charge in [0, 0.05) is 25.8 Å². The normalized spacial score (nSPS) is 21.7. The summed E-state index contributed by atoms with van der Waals surface area (Å²) in [5.41, 5.74) is 1.13. The third-order valence-corrected chi connectivity index (χ3v) is 3.75. The maximum atomic E-state index is 4.31. The Morgan fingerprint density at radius 1 is 1.33 bits per heavy atom. The first kappa shape index (κ1) is 13.5. The summed E-state index contributed by atoms with van der Waals surface area (Å²) in [5, 5.41) is 3.48. The molecule has 2 heterocycles. The average molecular weight is 247 g/mol. The molecule has 100 valence electrons. The Morgan fingerprint density at radius 3 is 3.11 bits per heavy atom. The number of aromatic nitrogens is 1. The van der Waals surface area contributed by atoms with E-state index in [2.05, 4.69) is 28.2 Å². The Bertz CT molecular complexity index is 326. The third kappa shape index (κ3) is 4.75. The third-order valence-electron chi connectivity index (χ3n) is 3.75. The highest BCUT2D eigenvalue weighted by atomic mass is 15.1. The molecule has 1 aliphatic rings. The van der Waals surface area contributed by atoms with Crippen molar-refractivity contribution in [3.8, 4) is 0 Å². The van der Waals surface area contributed by atoms with E-state index in [1.807, 2.05) is 18.3 Å². The van der Waals surface area contributed by atoms with Crippen LogP contribution in [0.25, 0.3) is 0 Å². The lowest BCUT2D eigenvalue weighted by molar-refractivity contribution is 0.280. The molecule has 0 amide bonds. The fourth-order valence-corrected chi connectivity index (χ4v) is 2.50. The van der Waals surface area contributed by atoms with E-state index >= 15 is 0 Å². The molecule has 0 radical (unpaired) electrons. The first-order valence-corrected chi connectivity index (χ1v) is 7.17. The zero-order valence-corrected chi connectivity index (χ0v) is 11.4. The largest absolute Gasteiger partial charge is 0.310 e. The van der Waals surface area contributed by atoms with Crippen molar-refractivity contribution in [1.82, 2.24) is 15.2 Å². The minimum absolute atomic E-state index is 0.880. The van der Waals surface area contributed by atoms with Gasteiger partial charge in [0.15, 0.2) is 0 Å². The van der Waals surface area contributed by atoms with Crippen LogP contribution in [0.5, 0.6) is 0 Å². The topological polar surface area (TPSA) is 28.2 Å². The summed E-state index contributed by atoms with van der Waals surface area (Å²) in [6.07, 6.45) is 5.98.